The first kappa shape index (κ1) is 17.6. The van der Waals surface area contributed by atoms with Gasteiger partial charge in [0.25, 0.3) is 5.91 Å². The number of rotatable bonds is 5. The molecule has 1 atom stereocenters. The highest BCUT2D eigenvalue weighted by Crippen LogP contribution is 2.29. The van der Waals surface area contributed by atoms with Gasteiger partial charge in [0.15, 0.2) is 0 Å². The van der Waals surface area contributed by atoms with Crippen LogP contribution in [0.3, 0.4) is 0 Å². The van der Waals surface area contributed by atoms with Crippen molar-refractivity contribution in [1.82, 2.24) is 10.2 Å². The second-order valence-corrected chi connectivity index (χ2v) is 9.23. The molecule has 1 saturated heterocycles. The van der Waals surface area contributed by atoms with E-state index in [9.17, 15) is 4.79 Å². The number of amides is 1. The Morgan fingerprint density at radius 3 is 2.71 bits per heavy atom. The number of nitrogens with zero attached hydrogens (tertiary/aromatic N) is 1. The molecule has 3 nitrogen and oxygen atoms in total. The normalized spacial score (nSPS) is 17.8. The Hall–Kier alpha value is -1.17. The van der Waals surface area contributed by atoms with Crippen LogP contribution >= 0.6 is 22.7 Å². The number of hydrogen-bond acceptors (Lipinski definition) is 4. The first-order valence-corrected chi connectivity index (χ1v) is 10.4. The molecule has 0 aliphatic carbocycles. The maximum absolute atomic E-state index is 12.6. The smallest absolute Gasteiger partial charge is 0.252 e. The summed E-state index contributed by atoms with van der Waals surface area (Å²) in [6, 6.07) is 6.59. The highest BCUT2D eigenvalue weighted by molar-refractivity contribution is 7.12. The fourth-order valence-corrected chi connectivity index (χ4v) is 5.15. The molecular weight excluding hydrogens is 336 g/mol. The number of carbonyl (C=O) groups excluding carboxylic acids is 1. The van der Waals surface area contributed by atoms with Crippen molar-refractivity contribution in [2.24, 2.45) is 5.92 Å². The lowest BCUT2D eigenvalue weighted by atomic mass is 9.97. The lowest BCUT2D eigenvalue weighted by molar-refractivity contribution is 0.0915. The van der Waals surface area contributed by atoms with E-state index in [1.54, 1.807) is 22.7 Å². The Bertz CT molecular complexity index is 670. The van der Waals surface area contributed by atoms with Crippen molar-refractivity contribution in [3.05, 3.63) is 43.8 Å². The Morgan fingerprint density at radius 2 is 2.12 bits per heavy atom. The molecule has 1 aliphatic rings. The quantitative estimate of drug-likeness (QED) is 0.841. The number of aryl methyl sites for hydroxylation is 2. The zero-order valence-electron chi connectivity index (χ0n) is 14.7. The van der Waals surface area contributed by atoms with Gasteiger partial charge in [-0.25, -0.2) is 0 Å². The fraction of sp³-hybridized carbons (Fsp3) is 0.526. The predicted octanol–water partition coefficient (Wildman–Crippen LogP) is 4.63. The highest BCUT2D eigenvalue weighted by atomic mass is 32.1. The molecule has 0 saturated carbocycles. The van der Waals surface area contributed by atoms with Crippen molar-refractivity contribution in [3.8, 4) is 0 Å². The van der Waals surface area contributed by atoms with Crippen LogP contribution in [0.4, 0.5) is 0 Å². The molecule has 1 fully saturated rings. The SMILES string of the molecule is Cc1cc(C(=O)NCC(c2cccs2)N2CCC(C)CC2)c(C)s1. The van der Waals surface area contributed by atoms with Gasteiger partial charge in [0.2, 0.25) is 0 Å². The van der Waals surface area contributed by atoms with E-state index in [1.807, 2.05) is 13.0 Å². The minimum Gasteiger partial charge on any atom is -0.350 e. The summed E-state index contributed by atoms with van der Waals surface area (Å²) in [5.41, 5.74) is 0.828. The predicted molar refractivity (Wildman–Crippen MR) is 103 cm³/mol. The number of hydrogen-bond donors (Lipinski definition) is 1. The summed E-state index contributed by atoms with van der Waals surface area (Å²) in [5.74, 6) is 0.875. The summed E-state index contributed by atoms with van der Waals surface area (Å²) < 4.78 is 0. The fourth-order valence-electron chi connectivity index (χ4n) is 3.37. The molecular formula is C19H26N2OS2. The summed E-state index contributed by atoms with van der Waals surface area (Å²) in [6.45, 7) is 9.34. The zero-order chi connectivity index (χ0) is 17.1. The van der Waals surface area contributed by atoms with Gasteiger partial charge >= 0.3 is 0 Å². The molecule has 2 aromatic heterocycles. The maximum atomic E-state index is 12.6. The van der Waals surface area contributed by atoms with Gasteiger partial charge in [-0.05, 0) is 63.2 Å². The maximum Gasteiger partial charge on any atom is 0.252 e. The monoisotopic (exact) mass is 362 g/mol. The molecule has 1 unspecified atom stereocenters. The number of nitrogens with one attached hydrogen (secondary N) is 1. The van der Waals surface area contributed by atoms with Crippen molar-refractivity contribution in [3.63, 3.8) is 0 Å². The van der Waals surface area contributed by atoms with Gasteiger partial charge in [-0.2, -0.15) is 0 Å². The van der Waals surface area contributed by atoms with Gasteiger partial charge in [-0.15, -0.1) is 22.7 Å². The molecule has 3 rings (SSSR count). The molecule has 1 N–H and O–H groups in total. The van der Waals surface area contributed by atoms with Crippen LogP contribution in [0.2, 0.25) is 0 Å². The molecule has 130 valence electrons. The summed E-state index contributed by atoms with van der Waals surface area (Å²) in [5, 5.41) is 5.31. The van der Waals surface area contributed by atoms with Crippen molar-refractivity contribution in [2.75, 3.05) is 19.6 Å². The molecule has 0 radical (unpaired) electrons. The Kier molecular flexibility index (Phi) is 5.74. The van der Waals surface area contributed by atoms with Crippen molar-refractivity contribution in [2.45, 2.75) is 39.7 Å². The second-order valence-electron chi connectivity index (χ2n) is 6.79. The van der Waals surface area contributed by atoms with Crippen molar-refractivity contribution < 1.29 is 4.79 Å². The summed E-state index contributed by atoms with van der Waals surface area (Å²) in [4.78, 5) is 18.8. The van der Waals surface area contributed by atoms with Crippen LogP contribution in [-0.2, 0) is 0 Å². The number of piperidine rings is 1. The van der Waals surface area contributed by atoms with Gasteiger partial charge in [-0.3, -0.25) is 9.69 Å². The van der Waals surface area contributed by atoms with Gasteiger partial charge in [0.1, 0.15) is 0 Å². The van der Waals surface area contributed by atoms with Crippen LogP contribution in [0.5, 0.6) is 0 Å². The van der Waals surface area contributed by atoms with E-state index in [2.05, 4.69) is 41.6 Å². The first-order valence-electron chi connectivity index (χ1n) is 8.67. The lowest BCUT2D eigenvalue weighted by Crippen LogP contribution is -2.41. The zero-order valence-corrected chi connectivity index (χ0v) is 16.3. The number of likely N-dealkylation sites (tertiary alicyclic amines) is 1. The summed E-state index contributed by atoms with van der Waals surface area (Å²) in [7, 11) is 0. The molecule has 24 heavy (non-hydrogen) atoms. The van der Waals surface area contributed by atoms with Crippen LogP contribution in [-0.4, -0.2) is 30.4 Å². The average Bonchev–Trinajstić information content (AvgIpc) is 3.19. The molecule has 0 bridgehead atoms. The molecule has 0 spiro atoms. The van der Waals surface area contributed by atoms with Gasteiger partial charge in [-0.1, -0.05) is 13.0 Å². The third-order valence-corrected chi connectivity index (χ3v) is 6.81. The molecule has 1 aliphatic heterocycles. The van der Waals surface area contributed by atoms with Crippen LogP contribution < -0.4 is 5.32 Å². The minimum absolute atomic E-state index is 0.0591. The van der Waals surface area contributed by atoms with Gasteiger partial charge in [0, 0.05) is 21.2 Å². The van der Waals surface area contributed by atoms with Crippen LogP contribution in [0.25, 0.3) is 0 Å². The second kappa shape index (κ2) is 7.81. The molecule has 0 aromatic carbocycles. The Labute approximate surface area is 152 Å². The average molecular weight is 363 g/mol. The Balaban J connectivity index is 1.68. The van der Waals surface area contributed by atoms with E-state index in [4.69, 9.17) is 0 Å². The molecule has 2 aromatic rings. The van der Waals surface area contributed by atoms with E-state index < -0.39 is 0 Å². The number of carbonyl (C=O) groups is 1. The third kappa shape index (κ3) is 4.08. The molecule has 1 amide bonds. The van der Waals surface area contributed by atoms with E-state index >= 15 is 0 Å². The van der Waals surface area contributed by atoms with Gasteiger partial charge < -0.3 is 5.32 Å². The van der Waals surface area contributed by atoms with Crippen molar-refractivity contribution >= 4 is 28.6 Å². The molecule has 5 heteroatoms. The summed E-state index contributed by atoms with van der Waals surface area (Å²) >= 11 is 3.48. The number of thiophene rings is 2. The first-order chi connectivity index (χ1) is 11.5. The van der Waals surface area contributed by atoms with Gasteiger partial charge in [0.05, 0.1) is 11.6 Å². The van der Waals surface area contributed by atoms with E-state index in [-0.39, 0.29) is 5.91 Å². The van der Waals surface area contributed by atoms with E-state index in [0.717, 1.165) is 29.4 Å². The molecule has 3 heterocycles. The van der Waals surface area contributed by atoms with Crippen LogP contribution in [0.15, 0.2) is 23.6 Å². The van der Waals surface area contributed by atoms with Crippen LogP contribution in [0, 0.1) is 19.8 Å². The standard InChI is InChI=1S/C19H26N2OS2/c1-13-6-8-21(9-7-13)17(18-5-4-10-23-18)12-20-19(22)16-11-14(2)24-15(16)3/h4-5,10-11,13,17H,6-9,12H2,1-3H3,(H,20,22). The highest BCUT2D eigenvalue weighted by Gasteiger charge is 2.26. The van der Waals surface area contributed by atoms with Crippen molar-refractivity contribution in [1.29, 1.82) is 0 Å². The van der Waals surface area contributed by atoms with E-state index in [1.165, 1.54) is 22.6 Å². The van der Waals surface area contributed by atoms with E-state index in [0.29, 0.717) is 12.6 Å². The Morgan fingerprint density at radius 1 is 1.38 bits per heavy atom. The van der Waals surface area contributed by atoms with Crippen LogP contribution in [0.1, 0.15) is 50.8 Å². The lowest BCUT2D eigenvalue weighted by Gasteiger charge is -2.36. The minimum atomic E-state index is 0.0591. The summed E-state index contributed by atoms with van der Waals surface area (Å²) in [6.07, 6.45) is 2.50. The largest absolute Gasteiger partial charge is 0.350 e. The topological polar surface area (TPSA) is 32.3 Å². The third-order valence-electron chi connectivity index (χ3n) is 4.87.